The van der Waals surface area contributed by atoms with Crippen LogP contribution < -0.4 is 21.2 Å². The molecule has 158 valence electrons. The van der Waals surface area contributed by atoms with Crippen LogP contribution in [0.3, 0.4) is 0 Å². The van der Waals surface area contributed by atoms with E-state index in [1.165, 1.54) is 0 Å². The SMILES string of the molecule is FP(F)(CCP(=S)(c1ccccc1)c1ccccc1)(c1ccccc1)c1ccccc1. The molecule has 0 aliphatic rings. The van der Waals surface area contributed by atoms with E-state index in [2.05, 4.69) is 0 Å². The Hall–Kier alpha value is -2.18. The molecule has 0 amide bonds. The van der Waals surface area contributed by atoms with Crippen molar-refractivity contribution >= 4 is 46.3 Å². The molecule has 0 spiro atoms. The zero-order valence-corrected chi connectivity index (χ0v) is 19.6. The molecular formula is C26H24F2P2S. The van der Waals surface area contributed by atoms with Crippen LogP contribution in [-0.2, 0) is 11.8 Å². The maximum atomic E-state index is 16.9. The predicted octanol–water partition coefficient (Wildman–Crippen LogP) is 6.09. The van der Waals surface area contributed by atoms with Gasteiger partial charge in [-0.15, -0.1) is 0 Å². The van der Waals surface area contributed by atoms with Crippen molar-refractivity contribution in [2.45, 2.75) is 0 Å². The van der Waals surface area contributed by atoms with E-state index in [-0.39, 0.29) is 22.9 Å². The molecule has 4 aromatic carbocycles. The molecule has 5 heteroatoms. The molecule has 0 radical (unpaired) electrons. The van der Waals surface area contributed by atoms with Gasteiger partial charge in [0.2, 0.25) is 0 Å². The fraction of sp³-hybridized carbons (Fsp3) is 0.0769. The van der Waals surface area contributed by atoms with Crippen LogP contribution in [0.2, 0.25) is 0 Å². The minimum atomic E-state index is -5.42. The molecule has 0 fully saturated rings. The van der Waals surface area contributed by atoms with E-state index in [0.29, 0.717) is 0 Å². The Labute approximate surface area is 188 Å². The second kappa shape index (κ2) is 8.75. The molecule has 0 heterocycles. The third kappa shape index (κ3) is 4.28. The first-order chi connectivity index (χ1) is 14.9. The molecule has 0 saturated carbocycles. The summed E-state index contributed by atoms with van der Waals surface area (Å²) in [6.45, 7) is 0. The first-order valence-electron chi connectivity index (χ1n) is 10.2. The molecule has 4 aromatic rings. The molecule has 0 aliphatic heterocycles. The van der Waals surface area contributed by atoms with Gasteiger partial charge >= 0.3 is 188 Å². The average molecular weight is 468 g/mol. The molecule has 0 aliphatic carbocycles. The molecule has 31 heavy (non-hydrogen) atoms. The molecule has 4 rings (SSSR count). The van der Waals surface area contributed by atoms with Gasteiger partial charge in [0.1, 0.15) is 0 Å². The summed E-state index contributed by atoms with van der Waals surface area (Å²) in [6.07, 6.45) is 0.0334. The Morgan fingerprint density at radius 2 is 0.871 bits per heavy atom. The monoisotopic (exact) mass is 468 g/mol. The van der Waals surface area contributed by atoms with Crippen molar-refractivity contribution in [3.63, 3.8) is 0 Å². The Morgan fingerprint density at radius 3 is 1.23 bits per heavy atom. The van der Waals surface area contributed by atoms with E-state index in [1.807, 2.05) is 60.7 Å². The predicted molar refractivity (Wildman–Crippen MR) is 137 cm³/mol. The number of benzene rings is 4. The Balaban J connectivity index is 1.83. The topological polar surface area (TPSA) is 0 Å². The summed E-state index contributed by atoms with van der Waals surface area (Å²) < 4.78 is 33.9. The Bertz CT molecular complexity index is 1090. The van der Waals surface area contributed by atoms with Gasteiger partial charge in [-0.3, -0.25) is 0 Å². The van der Waals surface area contributed by atoms with Crippen LogP contribution >= 0.6 is 13.3 Å². The van der Waals surface area contributed by atoms with Gasteiger partial charge in [-0.25, -0.2) is 0 Å². The van der Waals surface area contributed by atoms with Crippen molar-refractivity contribution in [3.8, 4) is 0 Å². The minimum absolute atomic E-state index is 0.127. The van der Waals surface area contributed by atoms with Crippen LogP contribution in [0.25, 0.3) is 0 Å². The van der Waals surface area contributed by atoms with E-state index in [9.17, 15) is 0 Å². The average Bonchev–Trinajstić information content (AvgIpc) is 2.85. The summed E-state index contributed by atoms with van der Waals surface area (Å²) >= 11 is 6.25. The van der Waals surface area contributed by atoms with E-state index < -0.39 is 13.3 Å². The zero-order chi connectivity index (χ0) is 21.8. The molecule has 0 nitrogen and oxygen atoms in total. The van der Waals surface area contributed by atoms with Crippen molar-refractivity contribution < 1.29 is 8.39 Å². The quantitative estimate of drug-likeness (QED) is 0.296. The van der Waals surface area contributed by atoms with Crippen molar-refractivity contribution in [2.24, 2.45) is 0 Å². The molecule has 0 N–H and O–H groups in total. The van der Waals surface area contributed by atoms with Gasteiger partial charge in [-0.1, -0.05) is 0 Å². The first kappa shape index (κ1) is 22.0. The van der Waals surface area contributed by atoms with Gasteiger partial charge in [-0.2, -0.15) is 0 Å². The third-order valence-electron chi connectivity index (χ3n) is 5.68. The van der Waals surface area contributed by atoms with Gasteiger partial charge in [0, 0.05) is 0 Å². The first-order valence-corrected chi connectivity index (χ1v) is 15.4. The summed E-state index contributed by atoms with van der Waals surface area (Å²) in [5.74, 6) is 0. The van der Waals surface area contributed by atoms with Crippen LogP contribution in [0.4, 0.5) is 8.39 Å². The molecule has 0 aromatic heterocycles. The normalized spacial score (nSPS) is 13.3. The second-order valence-electron chi connectivity index (χ2n) is 7.60. The van der Waals surface area contributed by atoms with E-state index >= 15 is 8.39 Å². The van der Waals surface area contributed by atoms with E-state index in [1.54, 1.807) is 60.7 Å². The number of hydrogen-bond acceptors (Lipinski definition) is 1. The van der Waals surface area contributed by atoms with Crippen LogP contribution in [0.15, 0.2) is 121 Å². The van der Waals surface area contributed by atoms with Crippen molar-refractivity contribution in [1.82, 2.24) is 0 Å². The van der Waals surface area contributed by atoms with Crippen LogP contribution in [0, 0.1) is 0 Å². The van der Waals surface area contributed by atoms with Gasteiger partial charge in [0.15, 0.2) is 0 Å². The summed E-state index contributed by atoms with van der Waals surface area (Å²) in [7, 11) is -5.42. The van der Waals surface area contributed by atoms with Crippen molar-refractivity contribution in [1.29, 1.82) is 0 Å². The number of rotatable bonds is 7. The summed E-state index contributed by atoms with van der Waals surface area (Å²) in [5.41, 5.74) is 0. The maximum absolute atomic E-state index is 16.9. The van der Waals surface area contributed by atoms with Crippen molar-refractivity contribution in [2.75, 3.05) is 12.3 Å². The zero-order valence-electron chi connectivity index (χ0n) is 17.0. The van der Waals surface area contributed by atoms with Gasteiger partial charge in [0.05, 0.1) is 0 Å². The Morgan fingerprint density at radius 1 is 0.548 bits per heavy atom. The van der Waals surface area contributed by atoms with Gasteiger partial charge in [0.25, 0.3) is 0 Å². The number of hydrogen-bond donors (Lipinski definition) is 0. The van der Waals surface area contributed by atoms with E-state index in [4.69, 9.17) is 11.8 Å². The van der Waals surface area contributed by atoms with Crippen LogP contribution in [0.5, 0.6) is 0 Å². The fourth-order valence-electron chi connectivity index (χ4n) is 3.91. The van der Waals surface area contributed by atoms with Crippen LogP contribution in [0.1, 0.15) is 0 Å². The summed E-state index contributed by atoms with van der Waals surface area (Å²) in [5, 5.41) is 2.22. The fourth-order valence-corrected chi connectivity index (χ4v) is 12.4. The molecule has 0 bridgehead atoms. The third-order valence-corrected chi connectivity index (χ3v) is 14.6. The Kier molecular flexibility index (Phi) is 6.22. The van der Waals surface area contributed by atoms with Crippen molar-refractivity contribution in [3.05, 3.63) is 121 Å². The van der Waals surface area contributed by atoms with Gasteiger partial charge < -0.3 is 0 Å². The summed E-state index contributed by atoms with van der Waals surface area (Å²) in [4.78, 5) is 0. The molecular weight excluding hydrogens is 444 g/mol. The van der Waals surface area contributed by atoms with Crippen LogP contribution in [-0.4, -0.2) is 12.3 Å². The standard InChI is InChI=1S/C26H24F2P2S/c27-30(28,25-17-9-3-10-18-25,26-19-11-4-12-20-26)22-21-29(31,23-13-5-1-6-14-23)24-15-7-2-8-16-24/h1-20H,21-22H2. The molecule has 0 atom stereocenters. The number of halogens is 2. The molecule has 0 saturated heterocycles. The molecule has 0 unspecified atom stereocenters. The summed E-state index contributed by atoms with van der Waals surface area (Å²) in [6, 6.07) is 33.8. The van der Waals surface area contributed by atoms with E-state index in [0.717, 1.165) is 10.6 Å². The van der Waals surface area contributed by atoms with Gasteiger partial charge in [-0.05, 0) is 0 Å². The second-order valence-corrected chi connectivity index (χ2v) is 16.0.